The maximum Gasteiger partial charge on any atom is 0.410 e. The summed E-state index contributed by atoms with van der Waals surface area (Å²) in [7, 11) is 0. The number of pyridine rings is 1. The Morgan fingerprint density at radius 3 is 2.35 bits per heavy atom. The number of para-hydroxylation sites is 1. The number of hydrogen-bond acceptors (Lipinski definition) is 16. The molecule has 1 aliphatic carbocycles. The highest BCUT2D eigenvalue weighted by molar-refractivity contribution is 6.06. The van der Waals surface area contributed by atoms with E-state index < -0.39 is 40.9 Å². The Bertz CT molecular complexity index is 2650. The van der Waals surface area contributed by atoms with Crippen LogP contribution in [0.25, 0.3) is 11.3 Å². The molecule has 0 radical (unpaired) electrons. The molecule has 5 amide bonds. The predicted octanol–water partition coefficient (Wildman–Crippen LogP) is 5.48. The van der Waals surface area contributed by atoms with E-state index in [1.165, 1.54) is 0 Å². The van der Waals surface area contributed by atoms with Crippen LogP contribution in [-0.2, 0) is 30.5 Å². The molecule has 4 fully saturated rings. The van der Waals surface area contributed by atoms with Crippen LogP contribution in [0.5, 0.6) is 11.6 Å². The molecule has 4 aliphatic rings. The van der Waals surface area contributed by atoms with Crippen LogP contribution in [-0.4, -0.2) is 144 Å². The number of urea groups is 1. The van der Waals surface area contributed by atoms with Gasteiger partial charge in [-0.15, -0.1) is 10.2 Å². The van der Waals surface area contributed by atoms with Gasteiger partial charge in [0.25, 0.3) is 0 Å². The van der Waals surface area contributed by atoms with E-state index in [2.05, 4.69) is 52.8 Å². The highest BCUT2D eigenvalue weighted by Gasteiger charge is 2.53. The normalized spacial score (nSPS) is 19.5. The number of carbonyl (C=O) groups excluding carboxylic acids is 5. The van der Waals surface area contributed by atoms with Gasteiger partial charge in [-0.05, 0) is 115 Å². The van der Waals surface area contributed by atoms with Crippen LogP contribution in [0.4, 0.5) is 32.5 Å². The van der Waals surface area contributed by atoms with Crippen molar-refractivity contribution >= 4 is 52.8 Å². The summed E-state index contributed by atoms with van der Waals surface area (Å²) < 4.78 is 23.4. The zero-order valence-corrected chi connectivity index (χ0v) is 43.7. The Morgan fingerprint density at radius 2 is 1.67 bits per heavy atom. The van der Waals surface area contributed by atoms with Gasteiger partial charge in [-0.2, -0.15) is 0 Å². The van der Waals surface area contributed by atoms with Gasteiger partial charge in [0.1, 0.15) is 36.0 Å². The first-order chi connectivity index (χ1) is 36.0. The molecule has 2 aromatic carbocycles. The van der Waals surface area contributed by atoms with Crippen LogP contribution >= 0.6 is 0 Å². The summed E-state index contributed by atoms with van der Waals surface area (Å²) in [5, 5.41) is 17.1. The number of benzene rings is 2. The first kappa shape index (κ1) is 53.9. The van der Waals surface area contributed by atoms with E-state index in [9.17, 15) is 24.0 Å². The molecule has 2 aromatic heterocycles. The molecule has 8 rings (SSSR count). The van der Waals surface area contributed by atoms with Crippen LogP contribution in [0, 0.1) is 5.41 Å². The lowest BCUT2D eigenvalue weighted by atomic mass is 9.68. The molecule has 4 atom stereocenters. The minimum atomic E-state index is -1.32. The number of amides is 5. The van der Waals surface area contributed by atoms with Gasteiger partial charge >= 0.3 is 18.1 Å². The molecule has 5 heterocycles. The van der Waals surface area contributed by atoms with Crippen molar-refractivity contribution in [2.45, 2.75) is 116 Å². The molecule has 75 heavy (non-hydrogen) atoms. The lowest BCUT2D eigenvalue weighted by Gasteiger charge is -2.43. The van der Waals surface area contributed by atoms with Gasteiger partial charge < -0.3 is 61.1 Å². The topological polar surface area (TPSA) is 262 Å². The van der Waals surface area contributed by atoms with E-state index in [1.807, 2.05) is 81.6 Å². The molecule has 3 aliphatic heterocycles. The Hall–Kier alpha value is -7.42. The molecular formula is C54H72N12O9. The van der Waals surface area contributed by atoms with E-state index in [4.69, 9.17) is 30.4 Å². The average Bonchev–Trinajstić information content (AvgIpc) is 3.63. The van der Waals surface area contributed by atoms with Crippen LogP contribution in [0.3, 0.4) is 0 Å². The average molecular weight is 1030 g/mol. The maximum absolute atomic E-state index is 13.6. The van der Waals surface area contributed by atoms with Gasteiger partial charge in [-0.1, -0.05) is 30.7 Å². The number of carbonyl (C=O) groups is 5. The summed E-state index contributed by atoms with van der Waals surface area (Å²) >= 11 is 0. The van der Waals surface area contributed by atoms with Gasteiger partial charge in [-0.25, -0.2) is 14.6 Å². The van der Waals surface area contributed by atoms with Crippen molar-refractivity contribution < 1.29 is 42.9 Å². The molecule has 21 nitrogen and oxygen atoms in total. The van der Waals surface area contributed by atoms with Crippen LogP contribution in [0.15, 0.2) is 72.9 Å². The fourth-order valence-electron chi connectivity index (χ4n) is 10.3. The zero-order valence-electron chi connectivity index (χ0n) is 43.7. The summed E-state index contributed by atoms with van der Waals surface area (Å²) in [5.41, 5.74) is 14.5. The van der Waals surface area contributed by atoms with Crippen molar-refractivity contribution in [3.8, 4) is 22.9 Å². The van der Waals surface area contributed by atoms with Gasteiger partial charge in [-0.3, -0.25) is 19.3 Å². The standard InChI is InChI=1S/C54H72N12O9/c1-6-72-50(69)54(21-10-22-54)49(68)60-42(12-9-23-58-51(56)70)48(67)59-37-16-14-36(15-17-37)34-74-45-13-8-7-11-41(45)43-30-44(47(55)62-61-43)65-32-39-18-19-40(33-65)66(39)38-20-24-57-46(29-38)73-28-27-63-25-26-64(31-35(63)2)52(71)75-53(3,4)5/h7-8,11,13-17,20,24,29-30,35,39-40,42H,6,9-10,12,18-19,21-23,25-28,31-34H2,1-5H3,(H2,55,62)(H,59,67)(H,60,68)(H3,56,58,70)/t35-,39?,40?,42+/m1/s1. The van der Waals surface area contributed by atoms with Gasteiger partial charge in [0.2, 0.25) is 17.7 Å². The van der Waals surface area contributed by atoms with E-state index in [0.29, 0.717) is 80.8 Å². The summed E-state index contributed by atoms with van der Waals surface area (Å²) in [6.45, 7) is 14.6. The van der Waals surface area contributed by atoms with Crippen molar-refractivity contribution in [3.63, 3.8) is 0 Å². The number of primary amides is 1. The van der Waals surface area contributed by atoms with Crippen molar-refractivity contribution in [3.05, 3.63) is 78.5 Å². The highest BCUT2D eigenvalue weighted by Crippen LogP contribution is 2.43. The molecular weight excluding hydrogens is 961 g/mol. The number of nitrogens with one attached hydrogen (secondary N) is 3. The van der Waals surface area contributed by atoms with E-state index >= 15 is 0 Å². The zero-order chi connectivity index (χ0) is 53.3. The van der Waals surface area contributed by atoms with Crippen LogP contribution < -0.4 is 46.7 Å². The molecule has 0 spiro atoms. The Balaban J connectivity index is 0.854. The summed E-state index contributed by atoms with van der Waals surface area (Å²) in [4.78, 5) is 77.3. The second-order valence-corrected chi connectivity index (χ2v) is 20.8. The number of esters is 1. The first-order valence-electron chi connectivity index (χ1n) is 26.1. The van der Waals surface area contributed by atoms with Crippen molar-refractivity contribution in [1.82, 2.24) is 35.6 Å². The molecule has 402 valence electrons. The number of nitrogen functional groups attached to an aromatic ring is 1. The van der Waals surface area contributed by atoms with Crippen LogP contribution in [0.2, 0.25) is 0 Å². The Labute approximate surface area is 438 Å². The largest absolute Gasteiger partial charge is 0.488 e. The molecule has 21 heteroatoms. The molecule has 2 unspecified atom stereocenters. The van der Waals surface area contributed by atoms with Crippen molar-refractivity contribution in [2.24, 2.45) is 11.1 Å². The summed E-state index contributed by atoms with van der Waals surface area (Å²) in [6, 6.07) is 19.8. The number of nitrogens with zero attached hydrogens (tertiary/aromatic N) is 7. The minimum absolute atomic E-state index is 0.138. The monoisotopic (exact) mass is 1030 g/mol. The summed E-state index contributed by atoms with van der Waals surface area (Å²) in [5.74, 6) is -0.0813. The van der Waals surface area contributed by atoms with Gasteiger partial charge in [0.15, 0.2) is 5.82 Å². The molecule has 4 aromatic rings. The SMILES string of the molecule is CCOC(=O)C1(C(=O)N[C@@H](CCCNC(N)=O)C(=O)Nc2ccc(COc3ccccc3-c3cc(N4CC5CCC(C4)N5c4ccnc(OCCN5CCN(C(=O)OC(C)(C)C)C[C@H]5C)c4)c(N)nn3)cc2)CCC1. The van der Waals surface area contributed by atoms with Crippen LogP contribution in [0.1, 0.15) is 85.1 Å². The number of ether oxygens (including phenoxy) is 4. The fourth-order valence-corrected chi connectivity index (χ4v) is 10.3. The van der Waals surface area contributed by atoms with Crippen molar-refractivity contribution in [2.75, 3.05) is 79.9 Å². The van der Waals surface area contributed by atoms with E-state index in [1.54, 1.807) is 24.0 Å². The molecule has 2 bridgehead atoms. The number of nitrogens with two attached hydrogens (primary N) is 2. The third kappa shape index (κ3) is 13.3. The van der Waals surface area contributed by atoms with E-state index in [-0.39, 0.29) is 50.4 Å². The third-order valence-electron chi connectivity index (χ3n) is 14.4. The molecule has 7 N–H and O–H groups in total. The van der Waals surface area contributed by atoms with E-state index in [0.717, 1.165) is 55.0 Å². The highest BCUT2D eigenvalue weighted by atomic mass is 16.6. The summed E-state index contributed by atoms with van der Waals surface area (Å²) in [6.07, 6.45) is 5.50. The molecule has 3 saturated heterocycles. The Morgan fingerprint density at radius 1 is 0.920 bits per heavy atom. The number of piperazine rings is 2. The third-order valence-corrected chi connectivity index (χ3v) is 14.4. The predicted molar refractivity (Wildman–Crippen MR) is 283 cm³/mol. The Kier molecular flexibility index (Phi) is 17.1. The second-order valence-electron chi connectivity index (χ2n) is 20.8. The quantitative estimate of drug-likeness (QED) is 0.0417. The lowest BCUT2D eigenvalue weighted by molar-refractivity contribution is -0.167. The minimum Gasteiger partial charge on any atom is -0.488 e. The van der Waals surface area contributed by atoms with Gasteiger partial charge in [0, 0.05) is 93.1 Å². The number of hydrogen-bond donors (Lipinski definition) is 5. The number of anilines is 4. The smallest absolute Gasteiger partial charge is 0.410 e. The number of aromatic nitrogens is 3. The van der Waals surface area contributed by atoms with Gasteiger partial charge in [0.05, 0.1) is 18.0 Å². The maximum atomic E-state index is 13.6. The second kappa shape index (κ2) is 23.8. The first-order valence-corrected chi connectivity index (χ1v) is 26.1. The number of rotatable bonds is 20. The molecule has 1 saturated carbocycles. The van der Waals surface area contributed by atoms with Crippen molar-refractivity contribution in [1.29, 1.82) is 0 Å². The fraction of sp³-hybridized carbons (Fsp3) is 0.519. The number of fused-ring (bicyclic) bond motifs is 2. The lowest BCUT2D eigenvalue weighted by Crippen LogP contribution is -2.56.